The van der Waals surface area contributed by atoms with E-state index in [1.807, 2.05) is 6.07 Å². The molecule has 0 spiro atoms. The highest BCUT2D eigenvalue weighted by Gasteiger charge is 2.35. The molecule has 2 aliphatic heterocycles. The molecule has 0 bridgehead atoms. The van der Waals surface area contributed by atoms with Crippen LogP contribution in [0.25, 0.3) is 0 Å². The second kappa shape index (κ2) is 7.30. The van der Waals surface area contributed by atoms with Crippen LogP contribution in [0.3, 0.4) is 0 Å². The second-order valence-electron chi connectivity index (χ2n) is 6.81. The Bertz CT molecular complexity index is 622. The maximum absolute atomic E-state index is 13.3. The molecule has 6 heteroatoms. The van der Waals surface area contributed by atoms with Gasteiger partial charge in [0, 0.05) is 26.2 Å². The quantitative estimate of drug-likeness (QED) is 0.914. The molecular weight excluding hydrogens is 311 g/mol. The Hall–Kier alpha value is -1.95. The molecule has 0 unspecified atom stereocenters. The van der Waals surface area contributed by atoms with Crippen molar-refractivity contribution in [1.29, 1.82) is 0 Å². The van der Waals surface area contributed by atoms with E-state index < -0.39 is 11.9 Å². The van der Waals surface area contributed by atoms with Gasteiger partial charge in [-0.3, -0.25) is 14.5 Å². The summed E-state index contributed by atoms with van der Waals surface area (Å²) in [7, 11) is 0. The molecule has 2 heterocycles. The molecule has 130 valence electrons. The molecule has 2 fully saturated rings. The number of nitrogens with zero attached hydrogens (tertiary/aromatic N) is 2. The van der Waals surface area contributed by atoms with Crippen LogP contribution in [0.5, 0.6) is 0 Å². The van der Waals surface area contributed by atoms with E-state index in [2.05, 4.69) is 4.90 Å². The van der Waals surface area contributed by atoms with Gasteiger partial charge >= 0.3 is 5.97 Å². The van der Waals surface area contributed by atoms with E-state index >= 15 is 0 Å². The van der Waals surface area contributed by atoms with Gasteiger partial charge in [0.1, 0.15) is 5.82 Å². The predicted octanol–water partition coefficient (Wildman–Crippen LogP) is 1.97. The highest BCUT2D eigenvalue weighted by molar-refractivity contribution is 5.81. The number of carbonyl (C=O) groups is 2. The summed E-state index contributed by atoms with van der Waals surface area (Å²) in [6, 6.07) is 6.56. The monoisotopic (exact) mass is 334 g/mol. The van der Waals surface area contributed by atoms with Crippen molar-refractivity contribution in [2.24, 2.45) is 11.8 Å². The van der Waals surface area contributed by atoms with Crippen LogP contribution in [-0.2, 0) is 16.1 Å². The number of carboxylic acid groups (broad SMARTS) is 1. The van der Waals surface area contributed by atoms with Gasteiger partial charge in [-0.2, -0.15) is 0 Å². The Morgan fingerprint density at radius 1 is 1.17 bits per heavy atom. The first-order chi connectivity index (χ1) is 11.5. The van der Waals surface area contributed by atoms with E-state index in [4.69, 9.17) is 5.11 Å². The molecule has 2 aliphatic rings. The maximum Gasteiger partial charge on any atom is 0.308 e. The molecule has 24 heavy (non-hydrogen) atoms. The highest BCUT2D eigenvalue weighted by atomic mass is 19.1. The lowest BCUT2D eigenvalue weighted by Crippen LogP contribution is -2.44. The number of amides is 1. The van der Waals surface area contributed by atoms with Crippen molar-refractivity contribution >= 4 is 11.9 Å². The summed E-state index contributed by atoms with van der Waals surface area (Å²) < 4.78 is 13.3. The van der Waals surface area contributed by atoms with E-state index in [0.717, 1.165) is 24.9 Å². The van der Waals surface area contributed by atoms with Crippen molar-refractivity contribution in [2.75, 3.05) is 26.2 Å². The van der Waals surface area contributed by atoms with Gasteiger partial charge in [-0.25, -0.2) is 4.39 Å². The topological polar surface area (TPSA) is 60.9 Å². The molecular formula is C18H23FN2O3. The fraction of sp³-hybridized carbons (Fsp3) is 0.556. The zero-order valence-corrected chi connectivity index (χ0v) is 13.7. The largest absolute Gasteiger partial charge is 0.481 e. The van der Waals surface area contributed by atoms with Crippen molar-refractivity contribution in [3.05, 3.63) is 35.6 Å². The zero-order chi connectivity index (χ0) is 17.1. The minimum atomic E-state index is -0.818. The molecule has 3 rings (SSSR count). The molecule has 1 N–H and O–H groups in total. The summed E-state index contributed by atoms with van der Waals surface area (Å²) in [5, 5.41) is 9.07. The number of piperidine rings is 1. The molecule has 2 atom stereocenters. The van der Waals surface area contributed by atoms with Gasteiger partial charge in [0.05, 0.1) is 11.8 Å². The van der Waals surface area contributed by atoms with Crippen LogP contribution in [0.1, 0.15) is 24.8 Å². The first-order valence-electron chi connectivity index (χ1n) is 8.51. The summed E-state index contributed by atoms with van der Waals surface area (Å²) >= 11 is 0. The van der Waals surface area contributed by atoms with Gasteiger partial charge in [0.15, 0.2) is 0 Å². The molecule has 5 nitrogen and oxygen atoms in total. The van der Waals surface area contributed by atoms with Crippen LogP contribution in [0, 0.1) is 17.7 Å². The highest BCUT2D eigenvalue weighted by Crippen LogP contribution is 2.24. The molecule has 0 aliphatic carbocycles. The number of halogens is 1. The molecule has 2 saturated heterocycles. The third kappa shape index (κ3) is 3.93. The van der Waals surface area contributed by atoms with Crippen LogP contribution >= 0.6 is 0 Å². The third-order valence-corrected chi connectivity index (χ3v) is 5.00. The van der Waals surface area contributed by atoms with E-state index in [1.54, 1.807) is 11.0 Å². The number of hydrogen-bond donors (Lipinski definition) is 1. The maximum atomic E-state index is 13.3. The standard InChI is InChI=1S/C18H23FN2O3/c19-16-5-1-3-13(9-16)10-20-7-2-4-14(11-20)17(22)21-8-6-15(12-21)18(23)24/h1,3,5,9,14-15H,2,4,6-8,10-12H2,(H,23,24)/t14-,15+/m0/s1. The molecule has 0 aromatic heterocycles. The number of benzene rings is 1. The molecule has 0 saturated carbocycles. The van der Waals surface area contributed by atoms with Crippen molar-refractivity contribution in [3.63, 3.8) is 0 Å². The average molecular weight is 334 g/mol. The van der Waals surface area contributed by atoms with E-state index in [-0.39, 0.29) is 17.6 Å². The minimum absolute atomic E-state index is 0.0719. The Balaban J connectivity index is 1.57. The fourth-order valence-electron chi connectivity index (χ4n) is 3.71. The number of hydrogen-bond acceptors (Lipinski definition) is 3. The fourth-order valence-corrected chi connectivity index (χ4v) is 3.71. The Morgan fingerprint density at radius 3 is 2.71 bits per heavy atom. The van der Waals surface area contributed by atoms with Crippen molar-refractivity contribution in [1.82, 2.24) is 9.80 Å². The average Bonchev–Trinajstić information content (AvgIpc) is 3.05. The number of likely N-dealkylation sites (tertiary alicyclic amines) is 2. The normalized spacial score (nSPS) is 25.0. The SMILES string of the molecule is O=C(O)[C@@H]1CCN(C(=O)[C@H]2CCCN(Cc3cccc(F)c3)C2)C1. The van der Waals surface area contributed by atoms with Crippen molar-refractivity contribution < 1.29 is 19.1 Å². The number of carbonyl (C=O) groups excluding carboxylic acids is 1. The van der Waals surface area contributed by atoms with Crippen LogP contribution in [0.4, 0.5) is 4.39 Å². The zero-order valence-electron chi connectivity index (χ0n) is 13.7. The minimum Gasteiger partial charge on any atom is -0.481 e. The number of rotatable bonds is 4. The van der Waals surface area contributed by atoms with Gasteiger partial charge in [-0.1, -0.05) is 12.1 Å². The summed E-state index contributed by atoms with van der Waals surface area (Å²) in [5.41, 5.74) is 0.912. The molecule has 0 radical (unpaired) electrons. The first-order valence-corrected chi connectivity index (χ1v) is 8.51. The Labute approximate surface area is 141 Å². The van der Waals surface area contributed by atoms with Gasteiger partial charge in [0.2, 0.25) is 5.91 Å². The lowest BCUT2D eigenvalue weighted by Gasteiger charge is -2.34. The Morgan fingerprint density at radius 2 is 2.00 bits per heavy atom. The second-order valence-corrected chi connectivity index (χ2v) is 6.81. The van der Waals surface area contributed by atoms with Gasteiger partial charge in [-0.05, 0) is 43.5 Å². The number of carboxylic acids is 1. The smallest absolute Gasteiger partial charge is 0.308 e. The molecule has 1 aromatic rings. The van der Waals surface area contributed by atoms with Gasteiger partial charge < -0.3 is 10.0 Å². The number of aliphatic carboxylic acids is 1. The van der Waals surface area contributed by atoms with E-state index in [1.165, 1.54) is 12.1 Å². The van der Waals surface area contributed by atoms with Crippen LogP contribution < -0.4 is 0 Å². The third-order valence-electron chi connectivity index (χ3n) is 5.00. The van der Waals surface area contributed by atoms with Crippen molar-refractivity contribution in [3.8, 4) is 0 Å². The summed E-state index contributed by atoms with van der Waals surface area (Å²) in [5.74, 6) is -1.50. The van der Waals surface area contributed by atoms with Crippen LogP contribution in [0.15, 0.2) is 24.3 Å². The van der Waals surface area contributed by atoms with Gasteiger partial charge in [-0.15, -0.1) is 0 Å². The predicted molar refractivity (Wildman–Crippen MR) is 86.7 cm³/mol. The van der Waals surface area contributed by atoms with E-state index in [0.29, 0.717) is 32.6 Å². The van der Waals surface area contributed by atoms with Gasteiger partial charge in [0.25, 0.3) is 0 Å². The van der Waals surface area contributed by atoms with E-state index in [9.17, 15) is 14.0 Å². The summed E-state index contributed by atoms with van der Waals surface area (Å²) in [6.07, 6.45) is 2.31. The van der Waals surface area contributed by atoms with Crippen LogP contribution in [0.2, 0.25) is 0 Å². The van der Waals surface area contributed by atoms with Crippen molar-refractivity contribution in [2.45, 2.75) is 25.8 Å². The molecule has 1 amide bonds. The lowest BCUT2D eigenvalue weighted by molar-refractivity contribution is -0.142. The summed E-state index contributed by atoms with van der Waals surface area (Å²) in [6.45, 7) is 3.06. The molecule has 1 aromatic carbocycles. The van der Waals surface area contributed by atoms with Crippen LogP contribution in [-0.4, -0.2) is 53.0 Å². The first kappa shape index (κ1) is 16.9. The summed E-state index contributed by atoms with van der Waals surface area (Å²) in [4.78, 5) is 27.6. The lowest BCUT2D eigenvalue weighted by atomic mass is 9.96. The Kier molecular flexibility index (Phi) is 5.14.